The van der Waals surface area contributed by atoms with Gasteiger partial charge >= 0.3 is 0 Å². The molecule has 2 atom stereocenters. The highest BCUT2D eigenvalue weighted by molar-refractivity contribution is 7.39. The molecule has 0 aliphatic rings. The monoisotopic (exact) mass is 360 g/mol. The number of halogens is 1. The normalized spacial score (nSPS) is 14.0. The Bertz CT molecular complexity index is 759. The van der Waals surface area contributed by atoms with Gasteiger partial charge in [-0.05, 0) is 61.2 Å². The predicted octanol–water partition coefficient (Wildman–Crippen LogP) is 2.62. The van der Waals surface area contributed by atoms with E-state index in [2.05, 4.69) is 0 Å². The lowest BCUT2D eigenvalue weighted by Gasteiger charge is -2.32. The van der Waals surface area contributed by atoms with Gasteiger partial charge in [0.05, 0.1) is 18.2 Å². The van der Waals surface area contributed by atoms with Crippen LogP contribution >= 0.6 is 8.58 Å². The molecule has 0 heterocycles. The van der Waals surface area contributed by atoms with Gasteiger partial charge in [0.25, 0.3) is 0 Å². The van der Waals surface area contributed by atoms with Crippen molar-refractivity contribution in [1.29, 1.82) is 5.26 Å². The third-order valence-corrected chi connectivity index (χ3v) is 5.54. The first kappa shape index (κ1) is 19.5. The Kier molecular flexibility index (Phi) is 6.64. The molecule has 4 nitrogen and oxygen atoms in total. The van der Waals surface area contributed by atoms with Crippen LogP contribution in [0.2, 0.25) is 0 Å². The predicted molar refractivity (Wildman–Crippen MR) is 98.2 cm³/mol. The van der Waals surface area contributed by atoms with Gasteiger partial charge in [0, 0.05) is 6.54 Å². The Hall–Kier alpha value is -1.83. The van der Waals surface area contributed by atoms with Crippen LogP contribution in [0, 0.1) is 17.1 Å². The lowest BCUT2D eigenvalue weighted by molar-refractivity contribution is 0.172. The van der Waals surface area contributed by atoms with Gasteiger partial charge in [-0.25, -0.2) is 4.39 Å². The van der Waals surface area contributed by atoms with E-state index in [4.69, 9.17) is 5.26 Å². The number of aliphatic hydroxyl groups excluding tert-OH is 1. The fraction of sp³-hybridized carbons (Fsp3) is 0.316. The van der Waals surface area contributed by atoms with Crippen molar-refractivity contribution in [2.24, 2.45) is 0 Å². The summed E-state index contributed by atoms with van der Waals surface area (Å²) in [6.45, 7) is 0.513. The molecule has 0 saturated carbocycles. The number of nitrogens with zero attached hydrogens (tertiary/aromatic N) is 2. The van der Waals surface area contributed by atoms with Crippen LogP contribution in [0.15, 0.2) is 42.5 Å². The zero-order valence-corrected chi connectivity index (χ0v) is 15.3. The summed E-state index contributed by atoms with van der Waals surface area (Å²) >= 11 is 0. The minimum Gasteiger partial charge on any atom is -0.392 e. The number of rotatable bonds is 7. The van der Waals surface area contributed by atoms with Crippen LogP contribution in [0.25, 0.3) is 0 Å². The molecule has 0 fully saturated rings. The van der Waals surface area contributed by atoms with Crippen LogP contribution in [0.4, 0.5) is 4.39 Å². The van der Waals surface area contributed by atoms with Gasteiger partial charge in [0.2, 0.25) is 0 Å². The van der Waals surface area contributed by atoms with Crippen molar-refractivity contribution in [3.05, 3.63) is 70.5 Å². The molecule has 25 heavy (non-hydrogen) atoms. The van der Waals surface area contributed by atoms with Gasteiger partial charge in [0.15, 0.2) is 0 Å². The molecule has 0 spiro atoms. The third kappa shape index (κ3) is 4.62. The molecule has 0 aliphatic carbocycles. The summed E-state index contributed by atoms with van der Waals surface area (Å²) in [7, 11) is 4.04. The van der Waals surface area contributed by atoms with Crippen molar-refractivity contribution >= 4 is 8.58 Å². The average Bonchev–Trinajstić information content (AvgIpc) is 2.61. The third-order valence-electron chi connectivity index (χ3n) is 4.00. The van der Waals surface area contributed by atoms with Gasteiger partial charge in [-0.1, -0.05) is 26.8 Å². The fourth-order valence-corrected chi connectivity index (χ4v) is 4.38. The molecule has 0 amide bonds. The van der Waals surface area contributed by atoms with Crippen molar-refractivity contribution in [3.8, 4) is 6.07 Å². The minimum atomic E-state index is -1.34. The first-order valence-electron chi connectivity index (χ1n) is 7.93. The van der Waals surface area contributed by atoms with Gasteiger partial charge < -0.3 is 15.1 Å². The van der Waals surface area contributed by atoms with Gasteiger partial charge in [-0.2, -0.15) is 5.26 Å². The number of hydrogen-bond donors (Lipinski definition) is 2. The molecule has 2 aromatic carbocycles. The molecular formula is C19H22FN2O2P. The average molecular weight is 360 g/mol. The largest absolute Gasteiger partial charge is 0.392 e. The second-order valence-corrected chi connectivity index (χ2v) is 7.67. The number of hydrogen-bond acceptors (Lipinski definition) is 4. The summed E-state index contributed by atoms with van der Waals surface area (Å²) in [6.07, 6.45) is 0.742. The first-order chi connectivity index (χ1) is 11.9. The second-order valence-electron chi connectivity index (χ2n) is 6.09. The molecule has 132 valence electrons. The summed E-state index contributed by atoms with van der Waals surface area (Å²) in [5.74, 6) is -0.370. The summed E-state index contributed by atoms with van der Waals surface area (Å²) in [6, 6.07) is 12.7. The molecule has 0 aromatic heterocycles. The van der Waals surface area contributed by atoms with Crippen molar-refractivity contribution < 1.29 is 14.6 Å². The van der Waals surface area contributed by atoms with Gasteiger partial charge in [-0.15, -0.1) is 0 Å². The number of nitriles is 1. The van der Waals surface area contributed by atoms with Crippen LogP contribution in [-0.4, -0.2) is 41.9 Å². The summed E-state index contributed by atoms with van der Waals surface area (Å²) in [5.41, 5.74) is 2.05. The molecule has 2 aromatic rings. The topological polar surface area (TPSA) is 67.5 Å². The van der Waals surface area contributed by atoms with Crippen LogP contribution in [0.5, 0.6) is 0 Å². The molecule has 0 saturated heterocycles. The lowest BCUT2D eigenvalue weighted by Crippen LogP contribution is -2.26. The standard InChI is InChI=1S/C19H22FN2O2P/c1-22(2)9-10-25-19(24,16-4-6-17(20)7-5-16)18-8-3-14(12-21)11-15(18)13-23/h3-8,11,23-25H,9-10,13H2,1-2H3/t19-/m1/s1. The molecule has 6 heteroatoms. The Labute approximate surface area is 149 Å². The van der Waals surface area contributed by atoms with Crippen LogP contribution in [0.3, 0.4) is 0 Å². The van der Waals surface area contributed by atoms with Crippen molar-refractivity contribution in [2.45, 2.75) is 11.9 Å². The van der Waals surface area contributed by atoms with E-state index in [1.54, 1.807) is 30.3 Å². The summed E-state index contributed by atoms with van der Waals surface area (Å²) in [4.78, 5) is 2.03. The summed E-state index contributed by atoms with van der Waals surface area (Å²) in [5, 5.41) is 29.0. The molecule has 2 N–H and O–H groups in total. The Balaban J connectivity index is 2.51. The summed E-state index contributed by atoms with van der Waals surface area (Å²) < 4.78 is 13.3. The van der Waals surface area contributed by atoms with Gasteiger partial charge in [-0.3, -0.25) is 0 Å². The Morgan fingerprint density at radius 1 is 1.20 bits per heavy atom. The van der Waals surface area contributed by atoms with E-state index in [1.165, 1.54) is 12.1 Å². The lowest BCUT2D eigenvalue weighted by atomic mass is 9.95. The molecule has 0 radical (unpaired) electrons. The smallest absolute Gasteiger partial charge is 0.131 e. The van der Waals surface area contributed by atoms with Crippen LogP contribution in [-0.2, 0) is 11.9 Å². The van der Waals surface area contributed by atoms with E-state index >= 15 is 0 Å². The van der Waals surface area contributed by atoms with E-state index in [1.807, 2.05) is 25.1 Å². The molecular weight excluding hydrogens is 338 g/mol. The first-order valence-corrected chi connectivity index (χ1v) is 9.14. The van der Waals surface area contributed by atoms with E-state index in [0.29, 0.717) is 22.3 Å². The van der Waals surface area contributed by atoms with E-state index in [0.717, 1.165) is 12.7 Å². The Morgan fingerprint density at radius 2 is 1.88 bits per heavy atom. The van der Waals surface area contributed by atoms with Crippen molar-refractivity contribution in [1.82, 2.24) is 4.90 Å². The maximum atomic E-state index is 13.3. The van der Waals surface area contributed by atoms with Crippen LogP contribution in [0.1, 0.15) is 22.3 Å². The number of benzene rings is 2. The highest BCUT2D eigenvalue weighted by atomic mass is 31.1. The minimum absolute atomic E-state index is 0.115. The van der Waals surface area contributed by atoms with E-state index in [9.17, 15) is 14.6 Å². The maximum absolute atomic E-state index is 13.3. The SMILES string of the molecule is CN(C)CCP[C@](O)(c1ccc(F)cc1)c1ccc(C#N)cc1CO. The van der Waals surface area contributed by atoms with Crippen LogP contribution < -0.4 is 0 Å². The highest BCUT2D eigenvalue weighted by Crippen LogP contribution is 2.46. The maximum Gasteiger partial charge on any atom is 0.131 e. The van der Waals surface area contributed by atoms with E-state index in [-0.39, 0.29) is 21.0 Å². The van der Waals surface area contributed by atoms with Crippen molar-refractivity contribution in [2.75, 3.05) is 26.8 Å². The fourth-order valence-electron chi connectivity index (χ4n) is 2.65. The molecule has 2 rings (SSSR count). The highest BCUT2D eigenvalue weighted by Gasteiger charge is 2.33. The molecule has 0 bridgehead atoms. The zero-order valence-electron chi connectivity index (χ0n) is 14.3. The zero-order chi connectivity index (χ0) is 18.4. The van der Waals surface area contributed by atoms with E-state index < -0.39 is 5.34 Å². The second kappa shape index (κ2) is 8.51. The molecule has 1 unspecified atom stereocenters. The van der Waals surface area contributed by atoms with Crippen molar-refractivity contribution in [3.63, 3.8) is 0 Å². The molecule has 0 aliphatic heterocycles. The Morgan fingerprint density at radius 3 is 2.44 bits per heavy atom. The quantitative estimate of drug-likeness (QED) is 0.745. The number of aliphatic hydroxyl groups is 2. The van der Waals surface area contributed by atoms with Gasteiger partial charge in [0.1, 0.15) is 11.2 Å².